The van der Waals surface area contributed by atoms with E-state index in [0.29, 0.717) is 30.2 Å². The minimum atomic E-state index is -0.453. The summed E-state index contributed by atoms with van der Waals surface area (Å²) >= 11 is 0. The van der Waals surface area contributed by atoms with Crippen molar-refractivity contribution in [3.63, 3.8) is 0 Å². The predicted octanol–water partition coefficient (Wildman–Crippen LogP) is 3.39. The van der Waals surface area contributed by atoms with Gasteiger partial charge in [0.1, 0.15) is 17.4 Å². The van der Waals surface area contributed by atoms with Crippen LogP contribution in [-0.2, 0) is 9.53 Å². The number of anilines is 2. The third kappa shape index (κ3) is 4.70. The number of hydrogen-bond donors (Lipinski definition) is 1. The highest BCUT2D eigenvalue weighted by Crippen LogP contribution is 2.28. The number of nitriles is 1. The smallest absolute Gasteiger partial charge is 0.266 e. The van der Waals surface area contributed by atoms with Crippen LogP contribution < -0.4 is 15.0 Å². The fourth-order valence-electron chi connectivity index (χ4n) is 2.98. The van der Waals surface area contributed by atoms with Gasteiger partial charge in [-0.25, -0.2) is 0 Å². The number of nitrogens with zero attached hydrogens (tertiary/aromatic N) is 2. The molecule has 1 aliphatic rings. The highest BCUT2D eigenvalue weighted by Gasteiger charge is 2.15. The molecule has 1 amide bonds. The molecule has 1 fully saturated rings. The number of rotatable bonds is 5. The lowest BCUT2D eigenvalue weighted by Gasteiger charge is -2.29. The largest absolute Gasteiger partial charge is 0.496 e. The first-order valence-corrected chi connectivity index (χ1v) is 9.11. The van der Waals surface area contributed by atoms with E-state index in [9.17, 15) is 10.1 Å². The van der Waals surface area contributed by atoms with Crippen molar-refractivity contribution >= 4 is 23.4 Å². The van der Waals surface area contributed by atoms with Gasteiger partial charge in [-0.2, -0.15) is 5.26 Å². The highest BCUT2D eigenvalue weighted by atomic mass is 16.5. The van der Waals surface area contributed by atoms with E-state index in [4.69, 9.17) is 9.47 Å². The zero-order valence-electron chi connectivity index (χ0n) is 16.1. The summed E-state index contributed by atoms with van der Waals surface area (Å²) in [4.78, 5) is 14.7. The van der Waals surface area contributed by atoms with Gasteiger partial charge >= 0.3 is 0 Å². The number of carbonyl (C=O) groups excluding carboxylic acids is 1. The Kier molecular flexibility index (Phi) is 6.30. The number of carbonyl (C=O) groups is 1. The summed E-state index contributed by atoms with van der Waals surface area (Å²) in [5, 5.41) is 12.2. The molecular weight excluding hydrogens is 354 g/mol. The average molecular weight is 377 g/mol. The van der Waals surface area contributed by atoms with Gasteiger partial charge in [0.2, 0.25) is 0 Å². The number of morpholine rings is 1. The molecule has 0 radical (unpaired) electrons. The fraction of sp³-hybridized carbons (Fsp3) is 0.273. The van der Waals surface area contributed by atoms with E-state index < -0.39 is 5.91 Å². The number of ether oxygens (including phenoxy) is 2. The Bertz CT molecular complexity index is 908. The van der Waals surface area contributed by atoms with Gasteiger partial charge in [-0.05, 0) is 37.3 Å². The summed E-state index contributed by atoms with van der Waals surface area (Å²) < 4.78 is 10.9. The molecule has 2 aromatic carbocycles. The maximum Gasteiger partial charge on any atom is 0.266 e. The second kappa shape index (κ2) is 9.07. The lowest BCUT2D eigenvalue weighted by molar-refractivity contribution is -0.112. The molecule has 1 N–H and O–H groups in total. The van der Waals surface area contributed by atoms with E-state index in [0.717, 1.165) is 24.3 Å². The molecule has 2 aromatic rings. The minimum absolute atomic E-state index is 0.0120. The molecule has 0 aliphatic carbocycles. The van der Waals surface area contributed by atoms with E-state index in [1.165, 1.54) is 0 Å². The molecule has 0 unspecified atom stereocenters. The SMILES string of the molecule is COc1cc(N2CCOCC2)ccc1/C=C(/C#N)C(=O)Nc1ccc(C)cc1. The van der Waals surface area contributed by atoms with Gasteiger partial charge in [0.05, 0.1) is 20.3 Å². The molecule has 144 valence electrons. The Morgan fingerprint density at radius 2 is 1.93 bits per heavy atom. The standard InChI is InChI=1S/C22H23N3O3/c1-16-3-6-19(7-4-16)24-22(26)18(15-23)13-17-5-8-20(14-21(17)27-2)25-9-11-28-12-10-25/h3-8,13-14H,9-12H2,1-2H3,(H,24,26)/b18-13-. The van der Waals surface area contributed by atoms with Crippen LogP contribution in [0.25, 0.3) is 6.08 Å². The molecule has 1 aliphatic heterocycles. The molecule has 6 heteroatoms. The maximum atomic E-state index is 12.5. The van der Waals surface area contributed by atoms with Gasteiger partial charge < -0.3 is 19.7 Å². The molecule has 1 heterocycles. The Hall–Kier alpha value is -3.30. The Balaban J connectivity index is 1.81. The molecule has 0 spiro atoms. The summed E-state index contributed by atoms with van der Waals surface area (Å²) in [6.07, 6.45) is 1.55. The van der Waals surface area contributed by atoms with Crippen molar-refractivity contribution in [3.05, 3.63) is 59.2 Å². The lowest BCUT2D eigenvalue weighted by Crippen LogP contribution is -2.36. The molecular formula is C22H23N3O3. The molecule has 1 saturated heterocycles. The van der Waals surface area contributed by atoms with Gasteiger partial charge in [-0.3, -0.25) is 4.79 Å². The van der Waals surface area contributed by atoms with Gasteiger partial charge in [0.15, 0.2) is 0 Å². The number of benzene rings is 2. The van der Waals surface area contributed by atoms with Crippen molar-refractivity contribution in [3.8, 4) is 11.8 Å². The number of methoxy groups -OCH3 is 1. The maximum absolute atomic E-state index is 12.5. The highest BCUT2D eigenvalue weighted by molar-refractivity contribution is 6.09. The van der Waals surface area contributed by atoms with Gasteiger partial charge in [0, 0.05) is 36.1 Å². The third-order valence-electron chi connectivity index (χ3n) is 4.57. The molecule has 0 atom stereocenters. The fourth-order valence-corrected chi connectivity index (χ4v) is 2.98. The number of hydrogen-bond acceptors (Lipinski definition) is 5. The Labute approximate surface area is 165 Å². The average Bonchev–Trinajstić information content (AvgIpc) is 2.74. The molecule has 28 heavy (non-hydrogen) atoms. The van der Waals surface area contributed by atoms with Gasteiger partial charge in [0.25, 0.3) is 5.91 Å². The van der Waals surface area contributed by atoms with Crippen molar-refractivity contribution in [1.82, 2.24) is 0 Å². The second-order valence-corrected chi connectivity index (χ2v) is 6.52. The van der Waals surface area contributed by atoms with Crippen molar-refractivity contribution in [2.45, 2.75) is 6.92 Å². The zero-order valence-corrected chi connectivity index (χ0v) is 16.1. The summed E-state index contributed by atoms with van der Waals surface area (Å²) in [6, 6.07) is 15.1. The quantitative estimate of drug-likeness (QED) is 0.639. The van der Waals surface area contributed by atoms with Crippen molar-refractivity contribution in [2.75, 3.05) is 43.6 Å². The lowest BCUT2D eigenvalue weighted by atomic mass is 10.1. The minimum Gasteiger partial charge on any atom is -0.496 e. The van der Waals surface area contributed by atoms with Crippen LogP contribution in [0.4, 0.5) is 11.4 Å². The van der Waals surface area contributed by atoms with Crippen LogP contribution in [0.5, 0.6) is 5.75 Å². The number of aryl methyl sites for hydroxylation is 1. The van der Waals surface area contributed by atoms with E-state index >= 15 is 0 Å². The number of nitrogens with one attached hydrogen (secondary N) is 1. The number of amides is 1. The molecule has 3 rings (SSSR count). The Morgan fingerprint density at radius 3 is 2.57 bits per heavy atom. The predicted molar refractivity (Wildman–Crippen MR) is 109 cm³/mol. The van der Waals surface area contributed by atoms with Crippen LogP contribution >= 0.6 is 0 Å². The third-order valence-corrected chi connectivity index (χ3v) is 4.57. The first-order valence-electron chi connectivity index (χ1n) is 9.11. The monoisotopic (exact) mass is 377 g/mol. The van der Waals surface area contributed by atoms with Crippen LogP contribution in [-0.4, -0.2) is 39.3 Å². The second-order valence-electron chi connectivity index (χ2n) is 6.52. The topological polar surface area (TPSA) is 74.6 Å². The first kappa shape index (κ1) is 19.5. The van der Waals surface area contributed by atoms with Crippen LogP contribution in [0, 0.1) is 18.3 Å². The van der Waals surface area contributed by atoms with Gasteiger partial charge in [-0.1, -0.05) is 17.7 Å². The van der Waals surface area contributed by atoms with Crippen molar-refractivity contribution in [1.29, 1.82) is 5.26 Å². The summed E-state index contributed by atoms with van der Waals surface area (Å²) in [5.41, 5.74) is 3.46. The van der Waals surface area contributed by atoms with Crippen LogP contribution in [0.2, 0.25) is 0 Å². The van der Waals surface area contributed by atoms with Crippen LogP contribution in [0.15, 0.2) is 48.0 Å². The molecule has 0 saturated carbocycles. The molecule has 6 nitrogen and oxygen atoms in total. The summed E-state index contributed by atoms with van der Waals surface area (Å²) in [7, 11) is 1.58. The first-order chi connectivity index (χ1) is 13.6. The zero-order chi connectivity index (χ0) is 19.9. The normalized spacial score (nSPS) is 14.3. The van der Waals surface area contributed by atoms with E-state index in [-0.39, 0.29) is 5.57 Å². The van der Waals surface area contributed by atoms with E-state index in [2.05, 4.69) is 10.2 Å². The van der Waals surface area contributed by atoms with Crippen molar-refractivity contribution in [2.24, 2.45) is 0 Å². The Morgan fingerprint density at radius 1 is 1.21 bits per heavy atom. The van der Waals surface area contributed by atoms with Gasteiger partial charge in [-0.15, -0.1) is 0 Å². The van der Waals surface area contributed by atoms with E-state index in [1.807, 2.05) is 43.3 Å². The van der Waals surface area contributed by atoms with Crippen LogP contribution in [0.3, 0.4) is 0 Å². The summed E-state index contributed by atoms with van der Waals surface area (Å²) in [5.74, 6) is 0.158. The molecule has 0 aromatic heterocycles. The summed E-state index contributed by atoms with van der Waals surface area (Å²) in [6.45, 7) is 5.00. The molecule has 0 bridgehead atoms. The van der Waals surface area contributed by atoms with E-state index in [1.54, 1.807) is 25.3 Å². The van der Waals surface area contributed by atoms with Crippen molar-refractivity contribution < 1.29 is 14.3 Å². The van der Waals surface area contributed by atoms with Crippen LogP contribution in [0.1, 0.15) is 11.1 Å².